The number of rotatable bonds is 3. The molecule has 0 radical (unpaired) electrons. The number of nitrogens with zero attached hydrogens (tertiary/aromatic N) is 3. The Hall–Kier alpha value is -1.40. The first-order valence-electron chi connectivity index (χ1n) is 6.30. The fourth-order valence-corrected chi connectivity index (χ4v) is 3.83. The molecule has 0 aliphatic carbocycles. The van der Waals surface area contributed by atoms with Crippen LogP contribution >= 0.6 is 23.6 Å². The molecule has 100 valence electrons. The molecule has 0 saturated heterocycles. The van der Waals surface area contributed by atoms with Crippen molar-refractivity contribution in [2.24, 2.45) is 7.05 Å². The SMILES string of the molecule is CCC(c1cccs1)n1c(=S)[nH]c2c(C)nn(C)c21. The molecule has 1 atom stereocenters. The van der Waals surface area contributed by atoms with E-state index in [1.165, 1.54) is 4.88 Å². The van der Waals surface area contributed by atoms with Crippen molar-refractivity contribution in [2.45, 2.75) is 26.3 Å². The van der Waals surface area contributed by atoms with Crippen molar-refractivity contribution in [1.29, 1.82) is 0 Å². The van der Waals surface area contributed by atoms with Gasteiger partial charge in [0.1, 0.15) is 5.52 Å². The molecule has 3 aromatic rings. The van der Waals surface area contributed by atoms with Crippen molar-refractivity contribution in [2.75, 3.05) is 0 Å². The monoisotopic (exact) mass is 292 g/mol. The molecular weight excluding hydrogens is 276 g/mol. The van der Waals surface area contributed by atoms with Crippen LogP contribution in [0.4, 0.5) is 0 Å². The molecule has 0 aliphatic rings. The van der Waals surface area contributed by atoms with Gasteiger partial charge in [-0.25, -0.2) is 0 Å². The van der Waals surface area contributed by atoms with Gasteiger partial charge in [0.25, 0.3) is 0 Å². The molecule has 1 N–H and O–H groups in total. The van der Waals surface area contributed by atoms with Crippen LogP contribution in [0.1, 0.15) is 30.0 Å². The molecule has 0 amide bonds. The number of aromatic amines is 1. The first-order valence-corrected chi connectivity index (χ1v) is 7.59. The van der Waals surface area contributed by atoms with Crippen LogP contribution in [0.25, 0.3) is 11.2 Å². The smallest absolute Gasteiger partial charge is 0.179 e. The van der Waals surface area contributed by atoms with Crippen LogP contribution in [0.3, 0.4) is 0 Å². The Morgan fingerprint density at radius 3 is 2.95 bits per heavy atom. The largest absolute Gasteiger partial charge is 0.328 e. The Morgan fingerprint density at radius 1 is 1.53 bits per heavy atom. The molecule has 6 heteroatoms. The van der Waals surface area contributed by atoms with Gasteiger partial charge in [0.15, 0.2) is 10.4 Å². The van der Waals surface area contributed by atoms with Gasteiger partial charge >= 0.3 is 0 Å². The van der Waals surface area contributed by atoms with Gasteiger partial charge in [0.05, 0.1) is 11.7 Å². The van der Waals surface area contributed by atoms with Gasteiger partial charge in [-0.2, -0.15) is 5.10 Å². The van der Waals surface area contributed by atoms with E-state index in [0.717, 1.165) is 28.0 Å². The fourth-order valence-electron chi connectivity index (χ4n) is 2.61. The highest BCUT2D eigenvalue weighted by atomic mass is 32.1. The molecule has 0 bridgehead atoms. The maximum absolute atomic E-state index is 5.51. The average Bonchev–Trinajstić information content (AvgIpc) is 3.04. The molecule has 0 spiro atoms. The molecule has 19 heavy (non-hydrogen) atoms. The summed E-state index contributed by atoms with van der Waals surface area (Å²) in [6.07, 6.45) is 1.01. The quantitative estimate of drug-likeness (QED) is 0.746. The Balaban J connectivity index is 2.29. The molecular formula is C13H16N4S2. The summed E-state index contributed by atoms with van der Waals surface area (Å²) in [7, 11) is 1.97. The van der Waals surface area contributed by atoms with Crippen LogP contribution in [0.15, 0.2) is 17.5 Å². The van der Waals surface area contributed by atoms with Gasteiger partial charge in [-0.3, -0.25) is 9.25 Å². The second-order valence-corrected chi connectivity index (χ2v) is 6.01. The summed E-state index contributed by atoms with van der Waals surface area (Å²) in [6, 6.07) is 4.53. The summed E-state index contributed by atoms with van der Waals surface area (Å²) < 4.78 is 4.87. The van der Waals surface area contributed by atoms with Crippen molar-refractivity contribution < 1.29 is 0 Å². The van der Waals surface area contributed by atoms with Crippen LogP contribution < -0.4 is 0 Å². The topological polar surface area (TPSA) is 38.5 Å². The lowest BCUT2D eigenvalue weighted by molar-refractivity contribution is 0.567. The number of nitrogens with one attached hydrogen (secondary N) is 1. The number of hydrogen-bond donors (Lipinski definition) is 1. The molecule has 3 rings (SSSR count). The van der Waals surface area contributed by atoms with Gasteiger partial charge < -0.3 is 4.98 Å². The van der Waals surface area contributed by atoms with Crippen molar-refractivity contribution in [3.8, 4) is 0 Å². The highest BCUT2D eigenvalue weighted by molar-refractivity contribution is 7.71. The molecule has 0 saturated carbocycles. The highest BCUT2D eigenvalue weighted by Crippen LogP contribution is 2.30. The lowest BCUT2D eigenvalue weighted by Gasteiger charge is -2.16. The summed E-state index contributed by atoms with van der Waals surface area (Å²) in [6.45, 7) is 4.19. The number of fused-ring (bicyclic) bond motifs is 1. The number of H-pyrrole nitrogens is 1. The minimum Gasteiger partial charge on any atom is -0.328 e. The second-order valence-electron chi connectivity index (χ2n) is 4.65. The van der Waals surface area contributed by atoms with E-state index in [9.17, 15) is 0 Å². The predicted molar refractivity (Wildman–Crippen MR) is 81.4 cm³/mol. The normalized spacial score (nSPS) is 13.2. The van der Waals surface area contributed by atoms with Gasteiger partial charge in [-0.15, -0.1) is 11.3 Å². The van der Waals surface area contributed by atoms with Crippen molar-refractivity contribution >= 4 is 34.7 Å². The van der Waals surface area contributed by atoms with Gasteiger partial charge in [0, 0.05) is 11.9 Å². The zero-order valence-electron chi connectivity index (χ0n) is 11.2. The summed E-state index contributed by atoms with van der Waals surface area (Å²) in [5.74, 6) is 0. The Morgan fingerprint density at radius 2 is 2.32 bits per heavy atom. The summed E-state index contributed by atoms with van der Waals surface area (Å²) in [4.78, 5) is 4.62. The Labute approximate surface area is 120 Å². The summed E-state index contributed by atoms with van der Waals surface area (Å²) >= 11 is 7.29. The molecule has 0 fully saturated rings. The second kappa shape index (κ2) is 4.61. The Bertz CT molecular complexity index is 761. The number of imidazole rings is 1. The van der Waals surface area contributed by atoms with E-state index in [1.807, 2.05) is 18.7 Å². The number of aryl methyl sites for hydroxylation is 2. The van der Waals surface area contributed by atoms with Crippen molar-refractivity contribution in [3.63, 3.8) is 0 Å². The number of thiophene rings is 1. The van der Waals surface area contributed by atoms with Crippen LogP contribution in [-0.4, -0.2) is 19.3 Å². The van der Waals surface area contributed by atoms with Crippen molar-refractivity contribution in [3.05, 3.63) is 32.9 Å². The lowest BCUT2D eigenvalue weighted by atomic mass is 10.2. The van der Waals surface area contributed by atoms with E-state index >= 15 is 0 Å². The highest BCUT2D eigenvalue weighted by Gasteiger charge is 2.20. The third-order valence-corrected chi connectivity index (χ3v) is 4.71. The first kappa shape index (κ1) is 12.6. The molecule has 1 unspecified atom stereocenters. The predicted octanol–water partition coefficient (Wildman–Crippen LogP) is 3.80. The van der Waals surface area contributed by atoms with Crippen LogP contribution in [0.2, 0.25) is 0 Å². The van der Waals surface area contributed by atoms with E-state index in [1.54, 1.807) is 11.3 Å². The fraction of sp³-hybridized carbons (Fsp3) is 0.385. The van der Waals surface area contributed by atoms with E-state index in [-0.39, 0.29) is 6.04 Å². The number of aromatic nitrogens is 4. The molecule has 3 aromatic heterocycles. The molecule has 0 aromatic carbocycles. The minimum atomic E-state index is 0.274. The Kier molecular flexibility index (Phi) is 3.06. The zero-order valence-corrected chi connectivity index (χ0v) is 12.8. The summed E-state index contributed by atoms with van der Waals surface area (Å²) in [5, 5.41) is 6.58. The summed E-state index contributed by atoms with van der Waals surface area (Å²) in [5.41, 5.74) is 3.11. The van der Waals surface area contributed by atoms with Gasteiger partial charge in [-0.1, -0.05) is 13.0 Å². The van der Waals surface area contributed by atoms with Gasteiger partial charge in [-0.05, 0) is 37.0 Å². The number of hydrogen-bond acceptors (Lipinski definition) is 3. The van der Waals surface area contributed by atoms with Crippen LogP contribution in [0, 0.1) is 11.7 Å². The van der Waals surface area contributed by atoms with E-state index in [2.05, 4.69) is 39.1 Å². The van der Waals surface area contributed by atoms with Crippen molar-refractivity contribution in [1.82, 2.24) is 19.3 Å². The molecule has 4 nitrogen and oxygen atoms in total. The lowest BCUT2D eigenvalue weighted by Crippen LogP contribution is -2.11. The zero-order chi connectivity index (χ0) is 13.6. The maximum atomic E-state index is 5.51. The van der Waals surface area contributed by atoms with Crippen LogP contribution in [0.5, 0.6) is 0 Å². The minimum absolute atomic E-state index is 0.274. The van der Waals surface area contributed by atoms with E-state index < -0.39 is 0 Å². The third-order valence-electron chi connectivity index (χ3n) is 3.44. The van der Waals surface area contributed by atoms with Gasteiger partial charge in [0.2, 0.25) is 0 Å². The third kappa shape index (κ3) is 1.86. The van der Waals surface area contributed by atoms with E-state index in [4.69, 9.17) is 12.2 Å². The van der Waals surface area contributed by atoms with E-state index in [0.29, 0.717) is 0 Å². The average molecular weight is 292 g/mol. The standard InChI is InChI=1S/C13H16N4S2/c1-4-9(10-6-5-7-19-10)17-12-11(14-13(17)18)8(2)15-16(12)3/h5-7,9H,4H2,1-3H3,(H,14,18). The first-order chi connectivity index (χ1) is 9.13. The molecule has 0 aliphatic heterocycles. The van der Waals surface area contributed by atoms with Crippen LogP contribution in [-0.2, 0) is 7.05 Å². The maximum Gasteiger partial charge on any atom is 0.179 e. The molecule has 3 heterocycles.